The van der Waals surface area contributed by atoms with Crippen molar-refractivity contribution in [1.29, 1.82) is 0 Å². The molecular formula is C11H17FN4O2. The Morgan fingerprint density at radius 2 is 2.22 bits per heavy atom. The molecule has 0 heterocycles. The van der Waals surface area contributed by atoms with Crippen LogP contribution in [0.1, 0.15) is 0 Å². The molecule has 0 aromatic heterocycles. The molecule has 100 valence electrons. The molecule has 4 N–H and O–H groups in total. The summed E-state index contributed by atoms with van der Waals surface area (Å²) in [6.45, 7) is 0.922. The molecule has 6 nitrogen and oxygen atoms in total. The van der Waals surface area contributed by atoms with Crippen LogP contribution in [0.3, 0.4) is 0 Å². The number of hydrogen-bond donors (Lipinski definition) is 3. The molecule has 0 aliphatic carbocycles. The maximum atomic E-state index is 13.4. The quantitative estimate of drug-likeness (QED) is 0.238. The van der Waals surface area contributed by atoms with Crippen LogP contribution in [0.2, 0.25) is 0 Å². The number of nitrogens with zero attached hydrogens (tertiary/aromatic N) is 1. The van der Waals surface area contributed by atoms with Crippen LogP contribution in [0.15, 0.2) is 23.2 Å². The number of rotatable bonds is 5. The van der Waals surface area contributed by atoms with Crippen molar-refractivity contribution >= 4 is 11.6 Å². The minimum absolute atomic E-state index is 0.180. The molecule has 0 saturated carbocycles. The van der Waals surface area contributed by atoms with Gasteiger partial charge in [-0.3, -0.25) is 5.43 Å². The summed E-state index contributed by atoms with van der Waals surface area (Å²) in [5, 5.41) is 2.84. The SMILES string of the molecule is COCCN=C(NN)Nc1ccc(OC)c(F)c1. The second-order valence-electron chi connectivity index (χ2n) is 3.34. The van der Waals surface area contributed by atoms with Crippen molar-refractivity contribution in [3.8, 4) is 5.75 Å². The first-order chi connectivity index (χ1) is 8.71. The Labute approximate surface area is 105 Å². The first-order valence-electron chi connectivity index (χ1n) is 5.31. The first kappa shape index (κ1) is 14.2. The maximum absolute atomic E-state index is 13.4. The standard InChI is InChI=1S/C11H17FN4O2/c1-17-6-5-14-11(16-13)15-8-3-4-10(18-2)9(12)7-8/h3-4,7H,5-6,13H2,1-2H3,(H2,14,15,16). The predicted octanol–water partition coefficient (Wildman–Crippen LogP) is 0.712. The Kier molecular flexibility index (Phi) is 5.89. The molecule has 1 aromatic rings. The van der Waals surface area contributed by atoms with E-state index in [0.717, 1.165) is 0 Å². The molecule has 0 bridgehead atoms. The van der Waals surface area contributed by atoms with Crippen LogP contribution < -0.4 is 21.3 Å². The number of methoxy groups -OCH3 is 2. The third-order valence-electron chi connectivity index (χ3n) is 2.12. The average molecular weight is 256 g/mol. The van der Waals surface area contributed by atoms with Gasteiger partial charge in [0.2, 0.25) is 5.96 Å². The lowest BCUT2D eigenvalue weighted by Gasteiger charge is -2.10. The molecule has 0 aliphatic heterocycles. The highest BCUT2D eigenvalue weighted by Crippen LogP contribution is 2.20. The Morgan fingerprint density at radius 3 is 2.78 bits per heavy atom. The molecule has 18 heavy (non-hydrogen) atoms. The fraction of sp³-hybridized carbons (Fsp3) is 0.364. The lowest BCUT2D eigenvalue weighted by Crippen LogP contribution is -2.36. The Balaban J connectivity index is 2.70. The molecule has 7 heteroatoms. The van der Waals surface area contributed by atoms with Gasteiger partial charge in [-0.15, -0.1) is 0 Å². The van der Waals surface area contributed by atoms with E-state index in [1.807, 2.05) is 0 Å². The third kappa shape index (κ3) is 4.19. The van der Waals surface area contributed by atoms with Gasteiger partial charge in [0.15, 0.2) is 11.6 Å². The number of halogens is 1. The molecule has 1 aromatic carbocycles. The van der Waals surface area contributed by atoms with Crippen molar-refractivity contribution in [2.75, 3.05) is 32.7 Å². The van der Waals surface area contributed by atoms with Crippen LogP contribution in [0, 0.1) is 5.82 Å². The van der Waals surface area contributed by atoms with Gasteiger partial charge < -0.3 is 14.8 Å². The zero-order valence-corrected chi connectivity index (χ0v) is 10.4. The largest absolute Gasteiger partial charge is 0.494 e. The van der Waals surface area contributed by atoms with Crippen LogP contribution >= 0.6 is 0 Å². The monoisotopic (exact) mass is 256 g/mol. The zero-order chi connectivity index (χ0) is 13.4. The highest BCUT2D eigenvalue weighted by Gasteiger charge is 2.04. The molecule has 0 amide bonds. The van der Waals surface area contributed by atoms with E-state index in [2.05, 4.69) is 15.7 Å². The van der Waals surface area contributed by atoms with E-state index in [9.17, 15) is 4.39 Å². The maximum Gasteiger partial charge on any atom is 0.210 e. The fourth-order valence-corrected chi connectivity index (χ4v) is 1.25. The number of guanidine groups is 1. The smallest absolute Gasteiger partial charge is 0.210 e. The van der Waals surface area contributed by atoms with Crippen molar-refractivity contribution in [3.05, 3.63) is 24.0 Å². The van der Waals surface area contributed by atoms with Crippen molar-refractivity contribution in [2.24, 2.45) is 10.8 Å². The van der Waals surface area contributed by atoms with Gasteiger partial charge in [0.1, 0.15) is 0 Å². The third-order valence-corrected chi connectivity index (χ3v) is 2.12. The van der Waals surface area contributed by atoms with Crippen LogP contribution in [-0.2, 0) is 4.74 Å². The highest BCUT2D eigenvalue weighted by molar-refractivity contribution is 5.93. The molecular weight excluding hydrogens is 239 g/mol. The molecule has 0 saturated heterocycles. The molecule has 0 atom stereocenters. The van der Waals surface area contributed by atoms with Crippen molar-refractivity contribution < 1.29 is 13.9 Å². The van der Waals surface area contributed by atoms with Gasteiger partial charge in [-0.2, -0.15) is 0 Å². The average Bonchev–Trinajstić information content (AvgIpc) is 2.38. The van der Waals surface area contributed by atoms with Crippen molar-refractivity contribution in [1.82, 2.24) is 5.43 Å². The number of anilines is 1. The number of nitrogens with two attached hydrogens (primary N) is 1. The summed E-state index contributed by atoms with van der Waals surface area (Å²) in [6.07, 6.45) is 0. The van der Waals surface area contributed by atoms with Gasteiger partial charge in [0.05, 0.1) is 20.3 Å². The van der Waals surface area contributed by atoms with E-state index in [4.69, 9.17) is 15.3 Å². The number of hydrogen-bond acceptors (Lipinski definition) is 4. The van der Waals surface area contributed by atoms with E-state index < -0.39 is 5.82 Å². The van der Waals surface area contributed by atoms with Crippen LogP contribution in [0.5, 0.6) is 5.75 Å². The van der Waals surface area contributed by atoms with E-state index in [0.29, 0.717) is 24.8 Å². The summed E-state index contributed by atoms with van der Waals surface area (Å²) in [5.74, 6) is 5.34. The second kappa shape index (κ2) is 7.46. The summed E-state index contributed by atoms with van der Waals surface area (Å²) < 4.78 is 23.1. The molecule has 0 aliphatic rings. The topological polar surface area (TPSA) is 80.9 Å². The van der Waals surface area contributed by atoms with Crippen molar-refractivity contribution in [3.63, 3.8) is 0 Å². The van der Waals surface area contributed by atoms with E-state index >= 15 is 0 Å². The van der Waals surface area contributed by atoms with Crippen LogP contribution in [0.4, 0.5) is 10.1 Å². The lowest BCUT2D eigenvalue weighted by molar-refractivity contribution is 0.208. The molecule has 0 unspecified atom stereocenters. The van der Waals surface area contributed by atoms with E-state index in [1.54, 1.807) is 13.2 Å². The Bertz CT molecular complexity index is 412. The first-order valence-corrected chi connectivity index (χ1v) is 5.31. The van der Waals surface area contributed by atoms with Crippen LogP contribution in [0.25, 0.3) is 0 Å². The molecule has 0 fully saturated rings. The summed E-state index contributed by atoms with van der Waals surface area (Å²) in [6, 6.07) is 4.47. The summed E-state index contributed by atoms with van der Waals surface area (Å²) in [7, 11) is 2.99. The number of benzene rings is 1. The second-order valence-corrected chi connectivity index (χ2v) is 3.34. The number of ether oxygens (including phenoxy) is 2. The summed E-state index contributed by atoms with van der Waals surface area (Å²) in [5.41, 5.74) is 2.90. The lowest BCUT2D eigenvalue weighted by atomic mass is 10.3. The van der Waals surface area contributed by atoms with Gasteiger partial charge in [-0.25, -0.2) is 15.2 Å². The minimum Gasteiger partial charge on any atom is -0.494 e. The molecule has 1 rings (SSSR count). The fourth-order valence-electron chi connectivity index (χ4n) is 1.25. The van der Waals surface area contributed by atoms with Gasteiger partial charge in [0.25, 0.3) is 0 Å². The number of nitrogens with one attached hydrogen (secondary N) is 2. The normalized spacial score (nSPS) is 11.2. The van der Waals surface area contributed by atoms with Gasteiger partial charge in [0, 0.05) is 18.9 Å². The van der Waals surface area contributed by atoms with E-state index in [-0.39, 0.29) is 5.75 Å². The predicted molar refractivity (Wildman–Crippen MR) is 68.1 cm³/mol. The van der Waals surface area contributed by atoms with Gasteiger partial charge >= 0.3 is 0 Å². The number of hydrazine groups is 1. The van der Waals surface area contributed by atoms with Gasteiger partial charge in [-0.05, 0) is 12.1 Å². The van der Waals surface area contributed by atoms with E-state index in [1.165, 1.54) is 19.2 Å². The minimum atomic E-state index is -0.462. The summed E-state index contributed by atoms with van der Waals surface area (Å²) >= 11 is 0. The number of aliphatic imine (C=N–C) groups is 1. The van der Waals surface area contributed by atoms with Crippen LogP contribution in [-0.4, -0.2) is 33.3 Å². The molecule has 0 spiro atoms. The highest BCUT2D eigenvalue weighted by atomic mass is 19.1. The Hall–Kier alpha value is -1.86. The Morgan fingerprint density at radius 1 is 1.44 bits per heavy atom. The summed E-state index contributed by atoms with van der Waals surface area (Å²) in [4.78, 5) is 4.09. The van der Waals surface area contributed by atoms with Crippen molar-refractivity contribution in [2.45, 2.75) is 0 Å². The zero-order valence-electron chi connectivity index (χ0n) is 10.4. The molecule has 0 radical (unpaired) electrons. The van der Waals surface area contributed by atoms with Gasteiger partial charge in [-0.1, -0.05) is 0 Å².